The zero-order valence-corrected chi connectivity index (χ0v) is 13.8. The van der Waals surface area contributed by atoms with Crippen LogP contribution in [-0.2, 0) is 9.53 Å². The van der Waals surface area contributed by atoms with E-state index in [-0.39, 0.29) is 5.97 Å². The molecule has 1 aromatic rings. The molecule has 118 valence electrons. The van der Waals surface area contributed by atoms with Gasteiger partial charge in [-0.25, -0.2) is 9.98 Å². The first-order chi connectivity index (χ1) is 10.6. The fraction of sp³-hybridized carbons (Fsp3) is 0.400. The summed E-state index contributed by atoms with van der Waals surface area (Å²) >= 11 is 1.28. The molecule has 0 N–H and O–H groups in total. The minimum atomic E-state index is -0.418. The third-order valence-corrected chi connectivity index (χ3v) is 4.13. The fourth-order valence-electron chi connectivity index (χ4n) is 1.92. The molecule has 0 bridgehead atoms. The van der Waals surface area contributed by atoms with E-state index in [0.29, 0.717) is 34.7 Å². The minimum Gasteiger partial charge on any atom is -0.493 e. The van der Waals surface area contributed by atoms with Crippen molar-refractivity contribution in [1.82, 2.24) is 0 Å². The number of thioether (sulfide) groups is 1. The van der Waals surface area contributed by atoms with Gasteiger partial charge in [-0.3, -0.25) is 4.79 Å². The van der Waals surface area contributed by atoms with Crippen LogP contribution in [-0.4, -0.2) is 42.9 Å². The van der Waals surface area contributed by atoms with E-state index >= 15 is 0 Å². The standard InChI is InChI=1S/C15H18N2O4S/c1-5-21-14(18)13-9(2)16-15(22-13)17-10-6-7-11(19-3)12(8-10)20-4/h6-8,13H,5H2,1-4H3/t13-/m0/s1. The van der Waals surface area contributed by atoms with E-state index in [1.165, 1.54) is 11.8 Å². The summed E-state index contributed by atoms with van der Waals surface area (Å²) in [4.78, 5) is 20.6. The van der Waals surface area contributed by atoms with Gasteiger partial charge in [-0.15, -0.1) is 0 Å². The van der Waals surface area contributed by atoms with E-state index in [9.17, 15) is 4.79 Å². The lowest BCUT2D eigenvalue weighted by molar-refractivity contribution is -0.141. The Morgan fingerprint density at radius 1 is 1.32 bits per heavy atom. The lowest BCUT2D eigenvalue weighted by atomic mass is 10.3. The average molecular weight is 322 g/mol. The molecule has 0 aliphatic carbocycles. The number of methoxy groups -OCH3 is 2. The second-order valence-corrected chi connectivity index (χ2v) is 5.51. The molecule has 0 spiro atoms. The number of carbonyl (C=O) groups excluding carboxylic acids is 1. The lowest BCUT2D eigenvalue weighted by Gasteiger charge is -2.08. The van der Waals surface area contributed by atoms with E-state index in [2.05, 4.69) is 9.98 Å². The summed E-state index contributed by atoms with van der Waals surface area (Å²) in [5, 5.41) is 0.113. The van der Waals surface area contributed by atoms with Crippen molar-refractivity contribution in [3.05, 3.63) is 18.2 Å². The van der Waals surface area contributed by atoms with E-state index in [4.69, 9.17) is 14.2 Å². The number of ether oxygens (including phenoxy) is 3. The summed E-state index contributed by atoms with van der Waals surface area (Å²) in [6.07, 6.45) is 0. The molecule has 1 atom stereocenters. The Kier molecular flexibility index (Phi) is 5.43. The van der Waals surface area contributed by atoms with Gasteiger partial charge >= 0.3 is 5.97 Å². The number of nitrogens with zero attached hydrogens (tertiary/aromatic N) is 2. The van der Waals surface area contributed by atoms with Gasteiger partial charge in [0.25, 0.3) is 0 Å². The number of hydrogen-bond donors (Lipinski definition) is 0. The molecule has 22 heavy (non-hydrogen) atoms. The lowest BCUT2D eigenvalue weighted by Crippen LogP contribution is -2.24. The Bertz CT molecular complexity index is 628. The van der Waals surface area contributed by atoms with Crippen LogP contribution in [0.5, 0.6) is 11.5 Å². The molecule has 0 unspecified atom stereocenters. The molecule has 1 aromatic carbocycles. The quantitative estimate of drug-likeness (QED) is 0.780. The van der Waals surface area contributed by atoms with Crippen molar-refractivity contribution in [3.8, 4) is 11.5 Å². The van der Waals surface area contributed by atoms with Crippen molar-refractivity contribution in [2.24, 2.45) is 9.98 Å². The van der Waals surface area contributed by atoms with Crippen LogP contribution in [0.3, 0.4) is 0 Å². The van der Waals surface area contributed by atoms with Gasteiger partial charge in [0.1, 0.15) is 5.25 Å². The predicted octanol–water partition coefficient (Wildman–Crippen LogP) is 2.83. The number of rotatable bonds is 5. The van der Waals surface area contributed by atoms with Crippen molar-refractivity contribution in [2.45, 2.75) is 19.1 Å². The Morgan fingerprint density at radius 2 is 2.05 bits per heavy atom. The number of benzene rings is 1. The summed E-state index contributed by atoms with van der Waals surface area (Å²) in [5.74, 6) is 0.941. The van der Waals surface area contributed by atoms with Crippen molar-refractivity contribution in [2.75, 3.05) is 20.8 Å². The van der Waals surface area contributed by atoms with Gasteiger partial charge in [0.2, 0.25) is 0 Å². The third kappa shape index (κ3) is 3.59. The summed E-state index contributed by atoms with van der Waals surface area (Å²) in [7, 11) is 3.14. The molecule has 6 nitrogen and oxygen atoms in total. The topological polar surface area (TPSA) is 69.5 Å². The molecular weight excluding hydrogens is 304 g/mol. The number of hydrogen-bond acceptors (Lipinski definition) is 6. The Morgan fingerprint density at radius 3 is 2.68 bits per heavy atom. The van der Waals surface area contributed by atoms with Crippen LogP contribution in [0.1, 0.15) is 13.8 Å². The molecule has 0 saturated heterocycles. The van der Waals surface area contributed by atoms with Gasteiger partial charge in [0, 0.05) is 11.8 Å². The van der Waals surface area contributed by atoms with E-state index in [0.717, 1.165) is 0 Å². The Labute approximate surface area is 133 Å². The van der Waals surface area contributed by atoms with Crippen LogP contribution in [0, 0.1) is 0 Å². The van der Waals surface area contributed by atoms with Crippen molar-refractivity contribution < 1.29 is 19.0 Å². The highest BCUT2D eigenvalue weighted by Crippen LogP contribution is 2.33. The van der Waals surface area contributed by atoms with Gasteiger partial charge < -0.3 is 14.2 Å². The largest absolute Gasteiger partial charge is 0.493 e. The molecule has 0 saturated carbocycles. The third-order valence-electron chi connectivity index (χ3n) is 2.97. The van der Waals surface area contributed by atoms with Gasteiger partial charge in [0.15, 0.2) is 16.7 Å². The second kappa shape index (κ2) is 7.31. The molecular formula is C15H18N2O4S. The summed E-state index contributed by atoms with van der Waals surface area (Å²) in [5.41, 5.74) is 1.38. The number of amidine groups is 1. The highest BCUT2D eigenvalue weighted by atomic mass is 32.2. The maximum atomic E-state index is 11.8. The van der Waals surface area contributed by atoms with Gasteiger partial charge in [-0.05, 0) is 26.0 Å². The van der Waals surface area contributed by atoms with E-state index in [1.54, 1.807) is 46.3 Å². The molecule has 2 rings (SSSR count). The van der Waals surface area contributed by atoms with E-state index in [1.807, 2.05) is 0 Å². The van der Waals surface area contributed by atoms with Crippen LogP contribution in [0.15, 0.2) is 28.2 Å². The first-order valence-electron chi connectivity index (χ1n) is 6.78. The molecule has 1 heterocycles. The minimum absolute atomic E-state index is 0.286. The smallest absolute Gasteiger partial charge is 0.325 e. The maximum Gasteiger partial charge on any atom is 0.325 e. The maximum absolute atomic E-state index is 11.8. The Balaban J connectivity index is 2.19. The highest BCUT2D eigenvalue weighted by Gasteiger charge is 2.31. The van der Waals surface area contributed by atoms with Crippen LogP contribution in [0.2, 0.25) is 0 Å². The average Bonchev–Trinajstić information content (AvgIpc) is 2.88. The van der Waals surface area contributed by atoms with Gasteiger partial charge in [-0.2, -0.15) is 0 Å². The van der Waals surface area contributed by atoms with Crippen LogP contribution in [0.25, 0.3) is 0 Å². The van der Waals surface area contributed by atoms with E-state index < -0.39 is 5.25 Å². The zero-order chi connectivity index (χ0) is 16.1. The molecule has 1 aliphatic heterocycles. The van der Waals surface area contributed by atoms with Crippen LogP contribution >= 0.6 is 11.8 Å². The first-order valence-corrected chi connectivity index (χ1v) is 7.66. The van der Waals surface area contributed by atoms with Crippen LogP contribution in [0.4, 0.5) is 5.69 Å². The molecule has 1 aliphatic rings. The number of esters is 1. The van der Waals surface area contributed by atoms with Gasteiger partial charge in [0.05, 0.1) is 26.5 Å². The number of aliphatic imine (C=N–C) groups is 2. The molecule has 0 aromatic heterocycles. The number of carbonyl (C=O) groups is 1. The second-order valence-electron chi connectivity index (χ2n) is 4.44. The van der Waals surface area contributed by atoms with Crippen LogP contribution < -0.4 is 9.47 Å². The van der Waals surface area contributed by atoms with Gasteiger partial charge in [-0.1, -0.05) is 11.8 Å². The Hall–Kier alpha value is -2.02. The highest BCUT2D eigenvalue weighted by molar-refractivity contribution is 8.16. The van der Waals surface area contributed by atoms with Crippen molar-refractivity contribution in [1.29, 1.82) is 0 Å². The molecule has 0 amide bonds. The molecule has 7 heteroatoms. The monoisotopic (exact) mass is 322 g/mol. The van der Waals surface area contributed by atoms with Crippen molar-refractivity contribution >= 4 is 34.3 Å². The summed E-state index contributed by atoms with van der Waals surface area (Å²) in [6, 6.07) is 5.34. The molecule has 0 radical (unpaired) electrons. The SMILES string of the molecule is CCOC(=O)[C@H]1SC(=Nc2ccc(OC)c(OC)c2)N=C1C. The summed E-state index contributed by atoms with van der Waals surface area (Å²) in [6.45, 7) is 3.93. The first kappa shape index (κ1) is 16.4. The van der Waals surface area contributed by atoms with Crippen molar-refractivity contribution in [3.63, 3.8) is 0 Å². The fourth-order valence-corrected chi connectivity index (χ4v) is 2.87. The summed E-state index contributed by atoms with van der Waals surface area (Å²) < 4.78 is 15.5. The normalized spacial score (nSPS) is 19.0. The predicted molar refractivity (Wildman–Crippen MR) is 87.8 cm³/mol. The zero-order valence-electron chi connectivity index (χ0n) is 13.0. The molecule has 0 fully saturated rings.